The van der Waals surface area contributed by atoms with Crippen molar-refractivity contribution in [3.63, 3.8) is 0 Å². The molecule has 0 amide bonds. The van der Waals surface area contributed by atoms with E-state index in [1.807, 2.05) is 0 Å². The van der Waals surface area contributed by atoms with Crippen LogP contribution in [0.1, 0.15) is 51.6 Å². The van der Waals surface area contributed by atoms with Crippen LogP contribution in [-0.2, 0) is 13.0 Å². The lowest BCUT2D eigenvalue weighted by Crippen LogP contribution is -2.21. The maximum atomic E-state index is 4.28. The Morgan fingerprint density at radius 1 is 1.12 bits per heavy atom. The lowest BCUT2D eigenvalue weighted by atomic mass is 9.80. The average Bonchev–Trinajstić information content (AvgIpc) is 2.61. The van der Waals surface area contributed by atoms with E-state index in [-0.39, 0.29) is 0 Å². The van der Waals surface area contributed by atoms with Crippen LogP contribution in [0.2, 0.25) is 0 Å². The molecule has 98 valence electrons. The van der Waals surface area contributed by atoms with E-state index in [0.29, 0.717) is 17.4 Å². The second-order valence-electron chi connectivity index (χ2n) is 6.10. The van der Waals surface area contributed by atoms with Crippen LogP contribution in [-0.4, -0.2) is 16.2 Å². The van der Waals surface area contributed by atoms with Crippen LogP contribution in [0.15, 0.2) is 0 Å². The first-order chi connectivity index (χ1) is 7.79. The Morgan fingerprint density at radius 3 is 2.24 bits per heavy atom. The maximum absolute atomic E-state index is 4.28. The fourth-order valence-corrected chi connectivity index (χ4v) is 2.23. The Morgan fingerprint density at radius 2 is 1.71 bits per heavy atom. The minimum atomic E-state index is 0.335. The van der Waals surface area contributed by atoms with E-state index in [1.165, 1.54) is 0 Å². The fraction of sp³-hybridized carbons (Fsp3) is 0.846. The summed E-state index contributed by atoms with van der Waals surface area (Å²) in [7, 11) is 0. The molecule has 0 fully saturated rings. The Bertz CT molecular complexity index is 339. The van der Waals surface area contributed by atoms with Gasteiger partial charge in [-0.1, -0.05) is 41.5 Å². The first-order valence-electron chi connectivity index (χ1n) is 6.33. The molecule has 1 heterocycles. The summed E-state index contributed by atoms with van der Waals surface area (Å²) in [5, 5.41) is 14.1. The maximum Gasteiger partial charge on any atom is 0.131 e. The number of hydrogen-bond acceptors (Lipinski definition) is 4. The number of hydrogen-bond donors (Lipinski definition) is 1. The Hall–Kier alpha value is -0.480. The number of rotatable bonds is 5. The van der Waals surface area contributed by atoms with Crippen molar-refractivity contribution in [2.45, 2.75) is 60.5 Å². The molecule has 1 unspecified atom stereocenters. The summed E-state index contributed by atoms with van der Waals surface area (Å²) in [6, 6.07) is 0.496. The van der Waals surface area contributed by atoms with Crippen LogP contribution in [0, 0.1) is 11.3 Å². The van der Waals surface area contributed by atoms with Crippen molar-refractivity contribution >= 4 is 11.3 Å². The van der Waals surface area contributed by atoms with Gasteiger partial charge in [0.25, 0.3) is 0 Å². The SMILES string of the molecule is CC(C)NCc1nnc(CC(C)C(C)(C)C)s1. The molecule has 1 aromatic heterocycles. The van der Waals surface area contributed by atoms with Crippen molar-refractivity contribution in [1.82, 2.24) is 15.5 Å². The molecule has 0 saturated heterocycles. The van der Waals surface area contributed by atoms with E-state index in [2.05, 4.69) is 57.1 Å². The molecule has 1 atom stereocenters. The van der Waals surface area contributed by atoms with Gasteiger partial charge in [-0.3, -0.25) is 0 Å². The zero-order valence-electron chi connectivity index (χ0n) is 11.9. The van der Waals surface area contributed by atoms with Crippen molar-refractivity contribution in [1.29, 1.82) is 0 Å². The van der Waals surface area contributed by atoms with Crippen LogP contribution < -0.4 is 5.32 Å². The number of nitrogens with zero attached hydrogens (tertiary/aromatic N) is 2. The van der Waals surface area contributed by atoms with Crippen LogP contribution in [0.25, 0.3) is 0 Å². The van der Waals surface area contributed by atoms with Gasteiger partial charge in [-0.2, -0.15) is 0 Å². The minimum Gasteiger partial charge on any atom is -0.308 e. The van der Waals surface area contributed by atoms with E-state index in [0.717, 1.165) is 23.0 Å². The van der Waals surface area contributed by atoms with Crippen molar-refractivity contribution in [2.24, 2.45) is 11.3 Å². The predicted molar refractivity (Wildman–Crippen MR) is 74.2 cm³/mol. The van der Waals surface area contributed by atoms with Gasteiger partial charge in [0.2, 0.25) is 0 Å². The largest absolute Gasteiger partial charge is 0.308 e. The molecule has 1 rings (SSSR count). The highest BCUT2D eigenvalue weighted by atomic mass is 32.1. The zero-order chi connectivity index (χ0) is 13.1. The lowest BCUT2D eigenvalue weighted by Gasteiger charge is -2.26. The summed E-state index contributed by atoms with van der Waals surface area (Å²) in [5.74, 6) is 0.626. The molecule has 3 nitrogen and oxygen atoms in total. The minimum absolute atomic E-state index is 0.335. The lowest BCUT2D eigenvalue weighted by molar-refractivity contribution is 0.259. The predicted octanol–water partition coefficient (Wildman–Crippen LogP) is 3.26. The van der Waals surface area contributed by atoms with Gasteiger partial charge < -0.3 is 5.32 Å². The Balaban J connectivity index is 2.51. The zero-order valence-corrected chi connectivity index (χ0v) is 12.7. The van der Waals surface area contributed by atoms with Gasteiger partial charge in [0.1, 0.15) is 10.0 Å². The van der Waals surface area contributed by atoms with Crippen molar-refractivity contribution in [2.75, 3.05) is 0 Å². The molecule has 0 spiro atoms. The summed E-state index contributed by atoms with van der Waals surface area (Å²) in [4.78, 5) is 0. The molecule has 0 aliphatic carbocycles. The van der Waals surface area contributed by atoms with E-state index in [4.69, 9.17) is 0 Å². The molecular weight excluding hydrogens is 230 g/mol. The van der Waals surface area contributed by atoms with Gasteiger partial charge in [-0.05, 0) is 11.3 Å². The Labute approximate surface area is 109 Å². The smallest absolute Gasteiger partial charge is 0.131 e. The van der Waals surface area contributed by atoms with Gasteiger partial charge >= 0.3 is 0 Å². The van der Waals surface area contributed by atoms with Gasteiger partial charge in [-0.15, -0.1) is 21.5 Å². The highest BCUT2D eigenvalue weighted by Gasteiger charge is 2.21. The molecule has 0 radical (unpaired) electrons. The first kappa shape index (κ1) is 14.6. The number of nitrogens with one attached hydrogen (secondary N) is 1. The fourth-order valence-electron chi connectivity index (χ4n) is 1.30. The number of aromatic nitrogens is 2. The molecule has 0 aliphatic rings. The summed E-state index contributed by atoms with van der Waals surface area (Å²) >= 11 is 1.73. The van der Waals surface area contributed by atoms with Crippen molar-refractivity contribution in [3.05, 3.63) is 10.0 Å². The van der Waals surface area contributed by atoms with E-state index >= 15 is 0 Å². The average molecular weight is 255 g/mol. The topological polar surface area (TPSA) is 37.8 Å². The van der Waals surface area contributed by atoms with E-state index in [9.17, 15) is 0 Å². The summed E-state index contributed by atoms with van der Waals surface area (Å²) in [5.41, 5.74) is 0.335. The molecule has 0 aliphatic heterocycles. The quantitative estimate of drug-likeness (QED) is 0.877. The van der Waals surface area contributed by atoms with Crippen LogP contribution in [0.5, 0.6) is 0 Å². The summed E-state index contributed by atoms with van der Waals surface area (Å²) in [6.45, 7) is 14.2. The first-order valence-corrected chi connectivity index (χ1v) is 7.15. The van der Waals surface area contributed by atoms with E-state index in [1.54, 1.807) is 11.3 Å². The van der Waals surface area contributed by atoms with Crippen LogP contribution in [0.3, 0.4) is 0 Å². The summed E-state index contributed by atoms with van der Waals surface area (Å²) < 4.78 is 0. The van der Waals surface area contributed by atoms with Gasteiger partial charge in [0, 0.05) is 19.0 Å². The third kappa shape index (κ3) is 5.13. The van der Waals surface area contributed by atoms with Crippen LogP contribution in [0.4, 0.5) is 0 Å². The van der Waals surface area contributed by atoms with Gasteiger partial charge in [0.15, 0.2) is 0 Å². The van der Waals surface area contributed by atoms with Crippen LogP contribution >= 0.6 is 11.3 Å². The van der Waals surface area contributed by atoms with E-state index < -0.39 is 0 Å². The molecule has 4 heteroatoms. The molecule has 0 saturated carbocycles. The normalized spacial score (nSPS) is 14.3. The standard InChI is InChI=1S/C13H25N3S/c1-9(2)14-8-12-16-15-11(17-12)7-10(3)13(4,5)6/h9-10,14H,7-8H2,1-6H3. The van der Waals surface area contributed by atoms with Gasteiger partial charge in [-0.25, -0.2) is 0 Å². The van der Waals surface area contributed by atoms with Crippen molar-refractivity contribution in [3.8, 4) is 0 Å². The second-order valence-corrected chi connectivity index (χ2v) is 7.24. The second kappa shape index (κ2) is 5.91. The highest BCUT2D eigenvalue weighted by molar-refractivity contribution is 7.11. The highest BCUT2D eigenvalue weighted by Crippen LogP contribution is 2.29. The monoisotopic (exact) mass is 255 g/mol. The Kier molecular flexibility index (Phi) is 5.07. The van der Waals surface area contributed by atoms with Crippen molar-refractivity contribution < 1.29 is 0 Å². The molecule has 0 bridgehead atoms. The molecule has 0 aromatic carbocycles. The molecule has 1 N–H and O–H groups in total. The third-order valence-corrected chi connectivity index (χ3v) is 4.07. The third-order valence-electron chi connectivity index (χ3n) is 3.13. The molecular formula is C13H25N3S. The van der Waals surface area contributed by atoms with Gasteiger partial charge in [0.05, 0.1) is 0 Å². The molecule has 1 aromatic rings. The summed E-state index contributed by atoms with van der Waals surface area (Å²) in [6.07, 6.45) is 1.03. The molecule has 17 heavy (non-hydrogen) atoms.